The minimum atomic E-state index is -1.09. The molecule has 1 spiro atoms. The molecule has 5 nitrogen and oxygen atoms in total. The Hall–Kier alpha value is -3.15. The maximum atomic E-state index is 13.7. The third-order valence-electron chi connectivity index (χ3n) is 6.38. The fourth-order valence-electron chi connectivity index (χ4n) is 5.04. The second kappa shape index (κ2) is 7.52. The average Bonchev–Trinajstić information content (AvgIpc) is 3.46. The summed E-state index contributed by atoms with van der Waals surface area (Å²) in [7, 11) is 1.90. The maximum absolute atomic E-state index is 13.7. The molecule has 2 aliphatic heterocycles. The van der Waals surface area contributed by atoms with Crippen LogP contribution in [0.2, 0.25) is 5.02 Å². The van der Waals surface area contributed by atoms with E-state index in [2.05, 4.69) is 5.32 Å². The predicted molar refractivity (Wildman–Crippen MR) is 120 cm³/mol. The van der Waals surface area contributed by atoms with Gasteiger partial charge in [-0.1, -0.05) is 48.0 Å². The first-order valence-electron chi connectivity index (χ1n) is 10.1. The van der Waals surface area contributed by atoms with Gasteiger partial charge in [-0.2, -0.15) is 0 Å². The molecule has 1 amide bonds. The fourth-order valence-corrected chi connectivity index (χ4v) is 5.17. The smallest absolute Gasteiger partial charge is 0.250 e. The van der Waals surface area contributed by atoms with Crippen LogP contribution in [0, 0.1) is 5.92 Å². The lowest BCUT2D eigenvalue weighted by Crippen LogP contribution is -2.51. The van der Waals surface area contributed by atoms with Gasteiger partial charge in [0.15, 0.2) is 5.78 Å². The number of ketones is 1. The topological polar surface area (TPSA) is 62.6 Å². The Labute approximate surface area is 185 Å². The number of likely N-dealkylation sites (tertiary alicyclic amines) is 1. The molecule has 5 rings (SSSR count). The molecular formula is C25H21ClN2O3. The number of nitrogens with one attached hydrogen (secondary N) is 1. The predicted octanol–water partition coefficient (Wildman–Crippen LogP) is 4.71. The van der Waals surface area contributed by atoms with Gasteiger partial charge >= 0.3 is 0 Å². The number of halogens is 1. The van der Waals surface area contributed by atoms with Crippen molar-refractivity contribution in [3.8, 4) is 0 Å². The fraction of sp³-hybridized carbons (Fsp3) is 0.200. The summed E-state index contributed by atoms with van der Waals surface area (Å²) in [6.45, 7) is 0.528. The molecule has 2 aliphatic rings. The van der Waals surface area contributed by atoms with E-state index in [4.69, 9.17) is 16.0 Å². The average molecular weight is 433 g/mol. The first kappa shape index (κ1) is 19.8. The van der Waals surface area contributed by atoms with Crippen LogP contribution in [0.5, 0.6) is 0 Å². The normalized spacial score (nSPS) is 25.3. The lowest BCUT2D eigenvalue weighted by Gasteiger charge is -2.34. The molecule has 1 fully saturated rings. The van der Waals surface area contributed by atoms with Gasteiger partial charge in [-0.25, -0.2) is 0 Å². The first-order chi connectivity index (χ1) is 15.0. The van der Waals surface area contributed by atoms with Crippen LogP contribution < -0.4 is 5.32 Å². The minimum Gasteiger partial charge on any atom is -0.469 e. The van der Waals surface area contributed by atoms with Crippen LogP contribution >= 0.6 is 11.6 Å². The van der Waals surface area contributed by atoms with Gasteiger partial charge in [-0.05, 0) is 49.0 Å². The van der Waals surface area contributed by atoms with E-state index in [1.165, 1.54) is 0 Å². The highest BCUT2D eigenvalue weighted by Crippen LogP contribution is 2.55. The molecule has 156 valence electrons. The van der Waals surface area contributed by atoms with Crippen LogP contribution in [0.4, 0.5) is 5.69 Å². The van der Waals surface area contributed by atoms with Crippen LogP contribution in [-0.4, -0.2) is 30.2 Å². The number of furan rings is 1. The molecule has 3 heterocycles. The molecule has 3 unspecified atom stereocenters. The third kappa shape index (κ3) is 3.04. The van der Waals surface area contributed by atoms with Crippen molar-refractivity contribution in [2.45, 2.75) is 11.5 Å². The van der Waals surface area contributed by atoms with Gasteiger partial charge in [0.2, 0.25) is 5.91 Å². The standard InChI is InChI=1S/C25H21ClN2O3/c1-28-15-18(22-7-4-14-31-22)23(21(29)13-10-16-8-11-17(26)12-9-16)25(28)19-5-2-3-6-20(19)27-24(25)30/h2-14,18,23H,15H2,1H3,(H,27,30). The Morgan fingerprint density at radius 1 is 1.16 bits per heavy atom. The van der Waals surface area contributed by atoms with Crippen LogP contribution in [0.3, 0.4) is 0 Å². The Morgan fingerprint density at radius 2 is 1.94 bits per heavy atom. The molecule has 0 radical (unpaired) electrons. The quantitative estimate of drug-likeness (QED) is 0.606. The lowest BCUT2D eigenvalue weighted by molar-refractivity contribution is -0.133. The summed E-state index contributed by atoms with van der Waals surface area (Å²) in [5.41, 5.74) is 1.35. The number of hydrogen-bond acceptors (Lipinski definition) is 4. The van der Waals surface area contributed by atoms with Crippen LogP contribution in [0.15, 0.2) is 77.4 Å². The minimum absolute atomic E-state index is 0.118. The maximum Gasteiger partial charge on any atom is 0.250 e. The summed E-state index contributed by atoms with van der Waals surface area (Å²) < 4.78 is 5.70. The van der Waals surface area contributed by atoms with E-state index in [0.717, 1.165) is 16.8 Å². The molecule has 3 aromatic rings. The number of rotatable bonds is 4. The van der Waals surface area contributed by atoms with Gasteiger partial charge in [0.1, 0.15) is 11.3 Å². The van der Waals surface area contributed by atoms with Gasteiger partial charge in [0.25, 0.3) is 0 Å². The Kier molecular flexibility index (Phi) is 4.80. The largest absolute Gasteiger partial charge is 0.469 e. The summed E-state index contributed by atoms with van der Waals surface area (Å²) >= 11 is 5.96. The number of carbonyl (C=O) groups is 2. The molecule has 1 aromatic heterocycles. The van der Waals surface area contributed by atoms with E-state index in [0.29, 0.717) is 17.3 Å². The van der Waals surface area contributed by atoms with Gasteiger partial charge in [-0.15, -0.1) is 0 Å². The van der Waals surface area contributed by atoms with E-state index in [1.807, 2.05) is 60.5 Å². The van der Waals surface area contributed by atoms with Crippen molar-refractivity contribution in [1.82, 2.24) is 4.90 Å². The number of benzene rings is 2. The van der Waals surface area contributed by atoms with Crippen molar-refractivity contribution < 1.29 is 14.0 Å². The van der Waals surface area contributed by atoms with E-state index >= 15 is 0 Å². The van der Waals surface area contributed by atoms with Crippen molar-refractivity contribution >= 4 is 35.1 Å². The number of nitrogens with zero attached hydrogens (tertiary/aromatic N) is 1. The van der Waals surface area contributed by atoms with Gasteiger partial charge in [0.05, 0.1) is 12.2 Å². The monoisotopic (exact) mass is 432 g/mol. The number of amides is 1. The number of hydrogen-bond donors (Lipinski definition) is 1. The molecular weight excluding hydrogens is 412 g/mol. The molecule has 6 heteroatoms. The third-order valence-corrected chi connectivity index (χ3v) is 6.63. The molecule has 31 heavy (non-hydrogen) atoms. The molecule has 2 aromatic carbocycles. The van der Waals surface area contributed by atoms with Gasteiger partial charge in [0, 0.05) is 28.7 Å². The number of fused-ring (bicyclic) bond motifs is 2. The number of allylic oxidation sites excluding steroid dienone is 1. The van der Waals surface area contributed by atoms with Crippen molar-refractivity contribution in [3.05, 3.63) is 94.9 Å². The highest BCUT2D eigenvalue weighted by molar-refractivity contribution is 6.30. The summed E-state index contributed by atoms with van der Waals surface area (Å²) in [4.78, 5) is 29.1. The summed E-state index contributed by atoms with van der Waals surface area (Å²) in [5.74, 6) is -0.467. The van der Waals surface area contributed by atoms with Crippen LogP contribution in [0.25, 0.3) is 6.08 Å². The van der Waals surface area contributed by atoms with Crippen LogP contribution in [-0.2, 0) is 15.1 Å². The second-order valence-electron chi connectivity index (χ2n) is 8.03. The Balaban J connectivity index is 1.61. The Bertz CT molecular complexity index is 1170. The van der Waals surface area contributed by atoms with E-state index in [-0.39, 0.29) is 17.6 Å². The molecule has 0 bridgehead atoms. The highest BCUT2D eigenvalue weighted by Gasteiger charge is 2.64. The molecule has 3 atom stereocenters. The number of carbonyl (C=O) groups excluding carboxylic acids is 2. The number of likely N-dealkylation sites (N-methyl/N-ethyl adjacent to an activating group) is 1. The molecule has 1 saturated heterocycles. The molecule has 0 saturated carbocycles. The van der Waals surface area contributed by atoms with Crippen LogP contribution in [0.1, 0.15) is 22.8 Å². The van der Waals surface area contributed by atoms with Crippen molar-refractivity contribution in [3.63, 3.8) is 0 Å². The number of anilines is 1. The van der Waals surface area contributed by atoms with Gasteiger partial charge < -0.3 is 9.73 Å². The summed E-state index contributed by atoms with van der Waals surface area (Å²) in [5, 5.41) is 3.63. The van der Waals surface area contributed by atoms with E-state index in [1.54, 1.807) is 30.5 Å². The van der Waals surface area contributed by atoms with Gasteiger partial charge in [-0.3, -0.25) is 14.5 Å². The second-order valence-corrected chi connectivity index (χ2v) is 8.47. The van der Waals surface area contributed by atoms with E-state index < -0.39 is 11.5 Å². The summed E-state index contributed by atoms with van der Waals surface area (Å²) in [6.07, 6.45) is 4.94. The molecule has 1 N–H and O–H groups in total. The number of para-hydroxylation sites is 1. The van der Waals surface area contributed by atoms with Crippen molar-refractivity contribution in [2.75, 3.05) is 18.9 Å². The van der Waals surface area contributed by atoms with E-state index in [9.17, 15) is 9.59 Å². The Morgan fingerprint density at radius 3 is 2.68 bits per heavy atom. The lowest BCUT2D eigenvalue weighted by atomic mass is 9.72. The zero-order chi connectivity index (χ0) is 21.6. The molecule has 0 aliphatic carbocycles. The summed E-state index contributed by atoms with van der Waals surface area (Å²) in [6, 6.07) is 18.5. The van der Waals surface area contributed by atoms with Crippen molar-refractivity contribution in [1.29, 1.82) is 0 Å². The highest BCUT2D eigenvalue weighted by atomic mass is 35.5. The first-order valence-corrected chi connectivity index (χ1v) is 10.5. The zero-order valence-corrected chi connectivity index (χ0v) is 17.7. The zero-order valence-electron chi connectivity index (χ0n) is 16.9. The van der Waals surface area contributed by atoms with Crippen molar-refractivity contribution in [2.24, 2.45) is 5.92 Å². The SMILES string of the molecule is CN1CC(c2ccco2)C(C(=O)C=Cc2ccc(Cl)cc2)C12C(=O)Nc1ccccc12.